The molecule has 9 nitrogen and oxygen atoms in total. The molecule has 0 radical (unpaired) electrons. The third-order valence-electron chi connectivity index (χ3n) is 6.61. The molecule has 0 aliphatic carbocycles. The number of hydrogen-bond donors (Lipinski definition) is 1. The molecule has 1 atom stereocenters. The molecule has 190 valence electrons. The quantitative estimate of drug-likeness (QED) is 0.678. The van der Waals surface area contributed by atoms with Crippen molar-refractivity contribution in [3.63, 3.8) is 0 Å². The van der Waals surface area contributed by atoms with Crippen LogP contribution < -0.4 is 10.2 Å². The standard InChI is InChI=1S/C25H35N5O4S/c1-17-23(18(2)30(27-17)16-22(31)26-25(3,4)5)35(33,34)28-13-8-10-20(15-28)24(32)29-14-12-19-9-6-7-11-21(19)29/h6-7,9,11,20H,8,10,12-16H2,1-5H3,(H,26,31)/t20-/m0/s1. The van der Waals surface area contributed by atoms with Crippen molar-refractivity contribution in [2.75, 3.05) is 24.5 Å². The van der Waals surface area contributed by atoms with Gasteiger partial charge in [0.15, 0.2) is 0 Å². The van der Waals surface area contributed by atoms with Gasteiger partial charge in [-0.15, -0.1) is 0 Å². The van der Waals surface area contributed by atoms with E-state index in [-0.39, 0.29) is 29.8 Å². The monoisotopic (exact) mass is 501 g/mol. The fraction of sp³-hybridized carbons (Fsp3) is 0.560. The number of para-hydroxylation sites is 1. The zero-order valence-corrected chi connectivity index (χ0v) is 22.0. The Bertz CT molecular complexity index is 1250. The fourth-order valence-electron chi connectivity index (χ4n) is 5.08. The highest BCUT2D eigenvalue weighted by molar-refractivity contribution is 7.89. The first-order valence-corrected chi connectivity index (χ1v) is 13.6. The summed E-state index contributed by atoms with van der Waals surface area (Å²) in [5.41, 5.74) is 2.46. The molecule has 1 aromatic heterocycles. The number of sulfonamides is 1. The second-order valence-electron chi connectivity index (χ2n) is 10.5. The minimum absolute atomic E-state index is 0.0159. The van der Waals surface area contributed by atoms with E-state index in [9.17, 15) is 18.0 Å². The Labute approximate surface area is 207 Å². The molecular formula is C25H35N5O4S. The number of carbonyl (C=O) groups excluding carboxylic acids is 2. The van der Waals surface area contributed by atoms with Crippen molar-refractivity contribution < 1.29 is 18.0 Å². The lowest BCUT2D eigenvalue weighted by atomic mass is 9.98. The molecule has 35 heavy (non-hydrogen) atoms. The van der Waals surface area contributed by atoms with Crippen molar-refractivity contribution in [1.82, 2.24) is 19.4 Å². The Kier molecular flexibility index (Phi) is 6.80. The zero-order valence-electron chi connectivity index (χ0n) is 21.2. The number of carbonyl (C=O) groups is 2. The normalized spacial score (nSPS) is 19.0. The Hall–Kier alpha value is -2.72. The van der Waals surface area contributed by atoms with Gasteiger partial charge in [-0.05, 0) is 65.5 Å². The molecule has 10 heteroatoms. The van der Waals surface area contributed by atoms with Crippen LogP contribution in [0.3, 0.4) is 0 Å². The lowest BCUT2D eigenvalue weighted by Gasteiger charge is -2.33. The van der Waals surface area contributed by atoms with Crippen LogP contribution in [0.25, 0.3) is 0 Å². The molecule has 1 N–H and O–H groups in total. The maximum Gasteiger partial charge on any atom is 0.246 e. The van der Waals surface area contributed by atoms with Gasteiger partial charge in [0.2, 0.25) is 21.8 Å². The first-order valence-electron chi connectivity index (χ1n) is 12.1. The molecule has 2 aliphatic rings. The first-order chi connectivity index (χ1) is 16.4. The molecule has 2 amide bonds. The number of anilines is 1. The van der Waals surface area contributed by atoms with Gasteiger partial charge in [-0.25, -0.2) is 8.42 Å². The predicted octanol–water partition coefficient (Wildman–Crippen LogP) is 2.40. The highest BCUT2D eigenvalue weighted by atomic mass is 32.2. The van der Waals surface area contributed by atoms with Gasteiger partial charge in [0.05, 0.1) is 17.3 Å². The number of amides is 2. The zero-order chi connectivity index (χ0) is 25.5. The summed E-state index contributed by atoms with van der Waals surface area (Å²) in [6, 6.07) is 7.88. The summed E-state index contributed by atoms with van der Waals surface area (Å²) >= 11 is 0. The lowest BCUT2D eigenvalue weighted by molar-refractivity contribution is -0.124. The maximum absolute atomic E-state index is 13.7. The van der Waals surface area contributed by atoms with Gasteiger partial charge in [-0.1, -0.05) is 18.2 Å². The third-order valence-corrected chi connectivity index (χ3v) is 8.73. The van der Waals surface area contributed by atoms with E-state index in [1.54, 1.807) is 18.7 Å². The van der Waals surface area contributed by atoms with Crippen LogP contribution >= 0.6 is 0 Å². The van der Waals surface area contributed by atoms with Crippen LogP contribution in [-0.4, -0.2) is 59.5 Å². The second-order valence-corrected chi connectivity index (χ2v) is 12.4. The number of benzene rings is 1. The Morgan fingerprint density at radius 3 is 2.57 bits per heavy atom. The molecule has 2 aromatic rings. The number of piperidine rings is 1. The first kappa shape index (κ1) is 25.4. The fourth-order valence-corrected chi connectivity index (χ4v) is 6.98. The summed E-state index contributed by atoms with van der Waals surface area (Å²) in [7, 11) is -3.88. The van der Waals surface area contributed by atoms with E-state index in [2.05, 4.69) is 10.4 Å². The van der Waals surface area contributed by atoms with Gasteiger partial charge in [0.25, 0.3) is 0 Å². The minimum Gasteiger partial charge on any atom is -0.350 e. The molecule has 3 heterocycles. The number of fused-ring (bicyclic) bond motifs is 1. The number of aryl methyl sites for hydroxylation is 1. The molecule has 1 aromatic carbocycles. The minimum atomic E-state index is -3.88. The van der Waals surface area contributed by atoms with Gasteiger partial charge < -0.3 is 10.2 Å². The van der Waals surface area contributed by atoms with E-state index in [0.717, 1.165) is 17.7 Å². The van der Waals surface area contributed by atoms with Crippen molar-refractivity contribution in [2.45, 2.75) is 70.9 Å². The van der Waals surface area contributed by atoms with E-state index >= 15 is 0 Å². The van der Waals surface area contributed by atoms with Crippen LogP contribution in [0.2, 0.25) is 0 Å². The molecular weight excluding hydrogens is 466 g/mol. The van der Waals surface area contributed by atoms with Gasteiger partial charge in [0.1, 0.15) is 11.4 Å². The molecule has 4 rings (SSSR count). The van der Waals surface area contributed by atoms with Crippen LogP contribution in [0, 0.1) is 19.8 Å². The Morgan fingerprint density at radius 1 is 1.14 bits per heavy atom. The summed E-state index contributed by atoms with van der Waals surface area (Å²) in [6.45, 7) is 10.0. The highest BCUT2D eigenvalue weighted by Crippen LogP contribution is 2.32. The van der Waals surface area contributed by atoms with E-state index in [0.29, 0.717) is 37.3 Å². The molecule has 1 fully saturated rings. The lowest BCUT2D eigenvalue weighted by Crippen LogP contribution is -2.46. The molecule has 0 unspecified atom stereocenters. The van der Waals surface area contributed by atoms with E-state index in [1.165, 1.54) is 8.99 Å². The van der Waals surface area contributed by atoms with Crippen molar-refractivity contribution in [2.24, 2.45) is 5.92 Å². The van der Waals surface area contributed by atoms with E-state index < -0.39 is 21.5 Å². The van der Waals surface area contributed by atoms with Crippen LogP contribution in [-0.2, 0) is 32.6 Å². The molecule has 0 saturated carbocycles. The van der Waals surface area contributed by atoms with Gasteiger partial charge >= 0.3 is 0 Å². The summed E-state index contributed by atoms with van der Waals surface area (Å²) in [6.07, 6.45) is 2.09. The molecule has 1 saturated heterocycles. The number of rotatable bonds is 5. The van der Waals surface area contributed by atoms with Gasteiger partial charge in [0, 0.05) is 30.9 Å². The Morgan fingerprint density at radius 2 is 1.86 bits per heavy atom. The van der Waals surface area contributed by atoms with Crippen LogP contribution in [0.5, 0.6) is 0 Å². The van der Waals surface area contributed by atoms with Crippen LogP contribution in [0.15, 0.2) is 29.2 Å². The Balaban J connectivity index is 1.53. The number of aromatic nitrogens is 2. The average molecular weight is 502 g/mol. The molecule has 2 aliphatic heterocycles. The summed E-state index contributed by atoms with van der Waals surface area (Å²) < 4.78 is 30.2. The second kappa shape index (κ2) is 9.39. The average Bonchev–Trinajstić information content (AvgIpc) is 3.32. The number of nitrogens with one attached hydrogen (secondary N) is 1. The highest BCUT2D eigenvalue weighted by Gasteiger charge is 2.39. The van der Waals surface area contributed by atoms with E-state index in [4.69, 9.17) is 0 Å². The van der Waals surface area contributed by atoms with Gasteiger partial charge in [-0.2, -0.15) is 9.40 Å². The predicted molar refractivity (Wildman–Crippen MR) is 134 cm³/mol. The number of nitrogens with zero attached hydrogens (tertiary/aromatic N) is 4. The van der Waals surface area contributed by atoms with Crippen molar-refractivity contribution in [3.8, 4) is 0 Å². The summed E-state index contributed by atoms with van der Waals surface area (Å²) in [5, 5.41) is 7.23. The van der Waals surface area contributed by atoms with Crippen molar-refractivity contribution in [1.29, 1.82) is 0 Å². The van der Waals surface area contributed by atoms with Crippen molar-refractivity contribution >= 4 is 27.5 Å². The summed E-state index contributed by atoms with van der Waals surface area (Å²) in [4.78, 5) is 27.7. The third kappa shape index (κ3) is 5.13. The summed E-state index contributed by atoms with van der Waals surface area (Å²) in [5.74, 6) is -0.641. The topological polar surface area (TPSA) is 105 Å². The maximum atomic E-state index is 13.7. The smallest absolute Gasteiger partial charge is 0.246 e. The number of hydrogen-bond acceptors (Lipinski definition) is 5. The molecule has 0 spiro atoms. The van der Waals surface area contributed by atoms with Gasteiger partial charge in [-0.3, -0.25) is 14.3 Å². The molecule has 0 bridgehead atoms. The van der Waals surface area contributed by atoms with Crippen LogP contribution in [0.1, 0.15) is 50.6 Å². The van der Waals surface area contributed by atoms with Crippen molar-refractivity contribution in [3.05, 3.63) is 41.2 Å². The van der Waals surface area contributed by atoms with Crippen LogP contribution in [0.4, 0.5) is 5.69 Å². The largest absolute Gasteiger partial charge is 0.350 e. The van der Waals surface area contributed by atoms with E-state index in [1.807, 2.05) is 45.0 Å². The SMILES string of the molecule is Cc1nn(CC(=O)NC(C)(C)C)c(C)c1S(=O)(=O)N1CCC[C@H](C(=O)N2CCc3ccccc32)C1.